The summed E-state index contributed by atoms with van der Waals surface area (Å²) in [6.45, 7) is 6.35. The van der Waals surface area contributed by atoms with Crippen molar-refractivity contribution in [1.82, 2.24) is 0 Å². The highest BCUT2D eigenvalue weighted by molar-refractivity contribution is 6.33. The second-order valence-corrected chi connectivity index (χ2v) is 4.20. The summed E-state index contributed by atoms with van der Waals surface area (Å²) in [5.74, 6) is 0. The number of aryl methyl sites for hydroxylation is 1. The predicted octanol–water partition coefficient (Wildman–Crippen LogP) is 3.88. The summed E-state index contributed by atoms with van der Waals surface area (Å²) in [5, 5.41) is 0.681. The van der Waals surface area contributed by atoms with E-state index in [0.717, 1.165) is 17.7 Å². The maximum Gasteiger partial charge on any atom is 0.0640 e. The Labute approximate surface area is 91.3 Å². The summed E-state index contributed by atoms with van der Waals surface area (Å²) < 4.78 is 0. The highest BCUT2D eigenvalue weighted by atomic mass is 35.5. The first-order valence-corrected chi connectivity index (χ1v) is 5.49. The average molecular weight is 212 g/mol. The van der Waals surface area contributed by atoms with Crippen LogP contribution in [-0.2, 0) is 6.42 Å². The standard InChI is InChI=1S/C12H18ClN/c1-4-5-6-10-8(2)7-11(13)12(14)9(10)3/h7H,4-6,14H2,1-3H3. The third-order valence-electron chi connectivity index (χ3n) is 2.71. The summed E-state index contributed by atoms with van der Waals surface area (Å²) >= 11 is 6.00. The predicted molar refractivity (Wildman–Crippen MR) is 64.0 cm³/mol. The molecule has 14 heavy (non-hydrogen) atoms. The Morgan fingerprint density at radius 2 is 2.00 bits per heavy atom. The molecule has 0 aromatic heterocycles. The zero-order valence-electron chi connectivity index (χ0n) is 9.15. The Morgan fingerprint density at radius 3 is 2.57 bits per heavy atom. The molecule has 1 rings (SSSR count). The van der Waals surface area contributed by atoms with Crippen LogP contribution in [0.5, 0.6) is 0 Å². The second kappa shape index (κ2) is 4.70. The van der Waals surface area contributed by atoms with Crippen LogP contribution in [0.25, 0.3) is 0 Å². The van der Waals surface area contributed by atoms with E-state index in [1.54, 1.807) is 0 Å². The number of hydrogen-bond acceptors (Lipinski definition) is 1. The first-order valence-electron chi connectivity index (χ1n) is 5.12. The van der Waals surface area contributed by atoms with Crippen molar-refractivity contribution in [3.63, 3.8) is 0 Å². The van der Waals surface area contributed by atoms with Crippen LogP contribution in [0.3, 0.4) is 0 Å². The smallest absolute Gasteiger partial charge is 0.0640 e. The van der Waals surface area contributed by atoms with Gasteiger partial charge < -0.3 is 5.73 Å². The van der Waals surface area contributed by atoms with E-state index in [-0.39, 0.29) is 0 Å². The van der Waals surface area contributed by atoms with Crippen molar-refractivity contribution < 1.29 is 0 Å². The van der Waals surface area contributed by atoms with Gasteiger partial charge in [0.25, 0.3) is 0 Å². The molecule has 0 amide bonds. The van der Waals surface area contributed by atoms with E-state index in [4.69, 9.17) is 17.3 Å². The van der Waals surface area contributed by atoms with Gasteiger partial charge in [-0.1, -0.05) is 24.9 Å². The van der Waals surface area contributed by atoms with Crippen LogP contribution in [0.4, 0.5) is 5.69 Å². The summed E-state index contributed by atoms with van der Waals surface area (Å²) in [4.78, 5) is 0. The van der Waals surface area contributed by atoms with E-state index in [9.17, 15) is 0 Å². The average Bonchev–Trinajstić information content (AvgIpc) is 2.14. The van der Waals surface area contributed by atoms with Crippen molar-refractivity contribution in [2.75, 3.05) is 5.73 Å². The van der Waals surface area contributed by atoms with Gasteiger partial charge in [-0.25, -0.2) is 0 Å². The molecular weight excluding hydrogens is 194 g/mol. The van der Waals surface area contributed by atoms with Gasteiger partial charge in [0.1, 0.15) is 0 Å². The number of halogens is 1. The van der Waals surface area contributed by atoms with Gasteiger partial charge >= 0.3 is 0 Å². The highest BCUT2D eigenvalue weighted by Gasteiger charge is 2.08. The van der Waals surface area contributed by atoms with E-state index in [2.05, 4.69) is 20.8 Å². The fourth-order valence-electron chi connectivity index (χ4n) is 1.73. The minimum atomic E-state index is 0.681. The van der Waals surface area contributed by atoms with Crippen LogP contribution in [0, 0.1) is 13.8 Å². The minimum Gasteiger partial charge on any atom is -0.397 e. The van der Waals surface area contributed by atoms with Crippen LogP contribution in [0.15, 0.2) is 6.07 Å². The van der Waals surface area contributed by atoms with E-state index in [0.29, 0.717) is 5.02 Å². The molecular formula is C12H18ClN. The molecule has 0 spiro atoms. The maximum absolute atomic E-state index is 6.00. The molecule has 0 heterocycles. The topological polar surface area (TPSA) is 26.0 Å². The number of hydrogen-bond donors (Lipinski definition) is 1. The Bertz CT molecular complexity index is 332. The van der Waals surface area contributed by atoms with E-state index in [1.807, 2.05) is 6.07 Å². The quantitative estimate of drug-likeness (QED) is 0.755. The largest absolute Gasteiger partial charge is 0.397 e. The van der Waals surface area contributed by atoms with Gasteiger partial charge in [-0.2, -0.15) is 0 Å². The molecule has 0 aliphatic carbocycles. The van der Waals surface area contributed by atoms with Gasteiger partial charge in [0.05, 0.1) is 10.7 Å². The number of unbranched alkanes of at least 4 members (excludes halogenated alkanes) is 1. The Morgan fingerprint density at radius 1 is 1.36 bits per heavy atom. The highest BCUT2D eigenvalue weighted by Crippen LogP contribution is 2.29. The fraction of sp³-hybridized carbons (Fsp3) is 0.500. The lowest BCUT2D eigenvalue weighted by atomic mass is 9.96. The Kier molecular flexibility index (Phi) is 3.82. The first kappa shape index (κ1) is 11.4. The fourth-order valence-corrected chi connectivity index (χ4v) is 2.04. The lowest BCUT2D eigenvalue weighted by Gasteiger charge is -2.13. The monoisotopic (exact) mass is 211 g/mol. The van der Waals surface area contributed by atoms with Gasteiger partial charge in [0.2, 0.25) is 0 Å². The number of nitrogen functional groups attached to an aromatic ring is 1. The van der Waals surface area contributed by atoms with Gasteiger partial charge in [0, 0.05) is 0 Å². The molecule has 0 unspecified atom stereocenters. The van der Waals surface area contributed by atoms with E-state index >= 15 is 0 Å². The molecule has 78 valence electrons. The molecule has 0 saturated carbocycles. The van der Waals surface area contributed by atoms with Gasteiger partial charge in [-0.05, 0) is 49.4 Å². The van der Waals surface area contributed by atoms with Gasteiger partial charge in [-0.3, -0.25) is 0 Å². The van der Waals surface area contributed by atoms with Crippen molar-refractivity contribution >= 4 is 17.3 Å². The summed E-state index contributed by atoms with van der Waals surface area (Å²) in [6.07, 6.45) is 3.53. The summed E-state index contributed by atoms with van der Waals surface area (Å²) in [6, 6.07) is 1.97. The Balaban J connectivity index is 3.09. The van der Waals surface area contributed by atoms with Crippen LogP contribution in [0.1, 0.15) is 36.5 Å². The third-order valence-corrected chi connectivity index (χ3v) is 3.03. The van der Waals surface area contributed by atoms with Crippen LogP contribution in [-0.4, -0.2) is 0 Å². The van der Waals surface area contributed by atoms with Gasteiger partial charge in [0.15, 0.2) is 0 Å². The van der Waals surface area contributed by atoms with Gasteiger partial charge in [-0.15, -0.1) is 0 Å². The molecule has 0 atom stereocenters. The Hall–Kier alpha value is -0.690. The molecule has 1 nitrogen and oxygen atoms in total. The lowest BCUT2D eigenvalue weighted by molar-refractivity contribution is 0.787. The number of anilines is 1. The molecule has 1 aromatic carbocycles. The SMILES string of the molecule is CCCCc1c(C)cc(Cl)c(N)c1C. The van der Waals surface area contributed by atoms with E-state index in [1.165, 1.54) is 24.0 Å². The van der Waals surface area contributed by atoms with Crippen molar-refractivity contribution in [2.24, 2.45) is 0 Å². The molecule has 2 N–H and O–H groups in total. The van der Waals surface area contributed by atoms with Crippen LogP contribution >= 0.6 is 11.6 Å². The number of benzene rings is 1. The zero-order valence-corrected chi connectivity index (χ0v) is 9.91. The molecule has 0 saturated heterocycles. The summed E-state index contributed by atoms with van der Waals surface area (Å²) in [7, 11) is 0. The maximum atomic E-state index is 6.00. The van der Waals surface area contributed by atoms with Crippen molar-refractivity contribution in [2.45, 2.75) is 40.0 Å². The molecule has 1 aromatic rings. The summed E-state index contributed by atoms with van der Waals surface area (Å²) in [5.41, 5.74) is 10.4. The molecule has 0 radical (unpaired) electrons. The van der Waals surface area contributed by atoms with E-state index < -0.39 is 0 Å². The molecule has 2 heteroatoms. The number of rotatable bonds is 3. The van der Waals surface area contributed by atoms with Crippen LogP contribution < -0.4 is 5.73 Å². The molecule has 0 bridgehead atoms. The zero-order chi connectivity index (χ0) is 10.7. The molecule has 0 aliphatic rings. The number of nitrogens with two attached hydrogens (primary N) is 1. The van der Waals surface area contributed by atoms with Crippen LogP contribution in [0.2, 0.25) is 5.02 Å². The third kappa shape index (κ3) is 2.21. The lowest BCUT2D eigenvalue weighted by Crippen LogP contribution is -2.00. The second-order valence-electron chi connectivity index (χ2n) is 3.80. The first-order chi connectivity index (χ1) is 6.57. The van der Waals surface area contributed by atoms with Crippen molar-refractivity contribution in [3.05, 3.63) is 27.8 Å². The van der Waals surface area contributed by atoms with Crippen molar-refractivity contribution in [3.8, 4) is 0 Å². The molecule has 0 fully saturated rings. The van der Waals surface area contributed by atoms with Crippen molar-refractivity contribution in [1.29, 1.82) is 0 Å². The minimum absolute atomic E-state index is 0.681. The molecule has 0 aliphatic heterocycles. The normalized spacial score (nSPS) is 10.6.